The van der Waals surface area contributed by atoms with Gasteiger partial charge in [-0.2, -0.15) is 0 Å². The summed E-state index contributed by atoms with van der Waals surface area (Å²) in [5, 5.41) is 1.12. The van der Waals surface area contributed by atoms with Gasteiger partial charge in [0, 0.05) is 33.3 Å². The molecule has 0 bridgehead atoms. The first-order valence-electron chi connectivity index (χ1n) is 6.51. The first kappa shape index (κ1) is 14.5. The number of benzene rings is 1. The minimum absolute atomic E-state index is 0.292. The van der Waals surface area contributed by atoms with E-state index in [0.717, 1.165) is 32.2 Å². The van der Waals surface area contributed by atoms with E-state index in [4.69, 9.17) is 5.73 Å². The van der Waals surface area contributed by atoms with Crippen molar-refractivity contribution < 1.29 is 0 Å². The van der Waals surface area contributed by atoms with Crippen molar-refractivity contribution >= 4 is 32.8 Å². The molecule has 2 heterocycles. The van der Waals surface area contributed by atoms with Gasteiger partial charge in [-0.05, 0) is 30.7 Å². The summed E-state index contributed by atoms with van der Waals surface area (Å²) in [6.45, 7) is 5.98. The molecule has 0 unspecified atom stereocenters. The van der Waals surface area contributed by atoms with Crippen molar-refractivity contribution in [1.29, 1.82) is 0 Å². The maximum absolute atomic E-state index is 5.67. The third-order valence-electron chi connectivity index (χ3n) is 2.89. The Bertz CT molecular complexity index is 734. The van der Waals surface area contributed by atoms with E-state index in [1.54, 1.807) is 6.20 Å². The van der Waals surface area contributed by atoms with Crippen LogP contribution in [0.25, 0.3) is 22.2 Å². The van der Waals surface area contributed by atoms with Crippen molar-refractivity contribution in [2.24, 2.45) is 0 Å². The van der Waals surface area contributed by atoms with Crippen LogP contribution in [0.1, 0.15) is 19.4 Å². The van der Waals surface area contributed by atoms with Crippen LogP contribution >= 0.6 is 15.9 Å². The van der Waals surface area contributed by atoms with Crippen LogP contribution in [0.3, 0.4) is 0 Å². The van der Waals surface area contributed by atoms with Crippen LogP contribution in [0.2, 0.25) is 0 Å². The molecule has 0 atom stereocenters. The average molecular weight is 333 g/mol. The Balaban J connectivity index is 0.000000704. The van der Waals surface area contributed by atoms with Crippen molar-refractivity contribution in [3.05, 3.63) is 40.6 Å². The van der Waals surface area contributed by atoms with E-state index >= 15 is 0 Å². The Morgan fingerprint density at radius 3 is 2.75 bits per heavy atom. The first-order valence-corrected chi connectivity index (χ1v) is 7.30. The number of nitrogens with zero attached hydrogens (tertiary/aromatic N) is 2. The zero-order valence-electron chi connectivity index (χ0n) is 11.7. The highest BCUT2D eigenvalue weighted by atomic mass is 79.9. The summed E-state index contributed by atoms with van der Waals surface area (Å²) >= 11 is 3.49. The number of fused-ring (bicyclic) bond motifs is 1. The molecule has 3 rings (SSSR count). The Morgan fingerprint density at radius 1 is 1.25 bits per heavy atom. The summed E-state index contributed by atoms with van der Waals surface area (Å²) < 4.78 is 1.04. The van der Waals surface area contributed by atoms with Gasteiger partial charge in [-0.25, -0.2) is 9.97 Å². The number of aromatic nitrogens is 3. The van der Waals surface area contributed by atoms with Gasteiger partial charge >= 0.3 is 0 Å². The maximum Gasteiger partial charge on any atom is 0.220 e. The minimum atomic E-state index is 0.292. The molecule has 0 radical (unpaired) electrons. The number of aryl methyl sites for hydroxylation is 1. The van der Waals surface area contributed by atoms with Gasteiger partial charge in [0.1, 0.15) is 0 Å². The molecule has 20 heavy (non-hydrogen) atoms. The number of nitrogens with two attached hydrogens (primary N) is 1. The third-order valence-corrected chi connectivity index (χ3v) is 3.38. The zero-order chi connectivity index (χ0) is 14.7. The molecular formula is C15H17BrN4. The van der Waals surface area contributed by atoms with Gasteiger partial charge in [0.2, 0.25) is 5.95 Å². The number of hydrogen-bond donors (Lipinski definition) is 2. The fourth-order valence-electron chi connectivity index (χ4n) is 2.02. The predicted molar refractivity (Wildman–Crippen MR) is 87.5 cm³/mol. The van der Waals surface area contributed by atoms with E-state index in [2.05, 4.69) is 36.9 Å². The molecule has 3 N–H and O–H groups in total. The van der Waals surface area contributed by atoms with Crippen LogP contribution in [0.4, 0.5) is 5.95 Å². The summed E-state index contributed by atoms with van der Waals surface area (Å²) in [6, 6.07) is 6.10. The lowest BCUT2D eigenvalue weighted by atomic mass is 10.1. The molecule has 1 aromatic carbocycles. The quantitative estimate of drug-likeness (QED) is 0.697. The van der Waals surface area contributed by atoms with Crippen LogP contribution < -0.4 is 5.73 Å². The summed E-state index contributed by atoms with van der Waals surface area (Å²) in [5.41, 5.74) is 9.65. The fourth-order valence-corrected chi connectivity index (χ4v) is 2.38. The van der Waals surface area contributed by atoms with Crippen LogP contribution in [0.15, 0.2) is 35.1 Å². The Kier molecular flexibility index (Phi) is 4.39. The highest BCUT2D eigenvalue weighted by Gasteiger charge is 2.11. The second-order valence-corrected chi connectivity index (χ2v) is 5.07. The molecule has 3 aromatic rings. The SMILES string of the molecule is CC.Cc1cnc(N)nc1-c1c[nH]c2ccc(Br)cc12. The predicted octanol–water partition coefficient (Wildman–Crippen LogP) is 4.30. The second-order valence-electron chi connectivity index (χ2n) is 4.15. The van der Waals surface area contributed by atoms with Crippen molar-refractivity contribution in [1.82, 2.24) is 15.0 Å². The lowest BCUT2D eigenvalue weighted by Crippen LogP contribution is -1.97. The monoisotopic (exact) mass is 332 g/mol. The standard InChI is InChI=1S/C13H11BrN4.C2H6/c1-7-5-17-13(15)18-12(7)10-6-16-11-3-2-8(14)4-9(10)11;1-2/h2-6,16H,1H3,(H2,15,17,18);1-2H3. The summed E-state index contributed by atoms with van der Waals surface area (Å²) in [5.74, 6) is 0.292. The Labute approximate surface area is 126 Å². The van der Waals surface area contributed by atoms with Crippen molar-refractivity contribution in [3.63, 3.8) is 0 Å². The molecule has 4 nitrogen and oxygen atoms in total. The molecule has 104 valence electrons. The smallest absolute Gasteiger partial charge is 0.220 e. The minimum Gasteiger partial charge on any atom is -0.368 e. The molecule has 0 aliphatic heterocycles. The van der Waals surface area contributed by atoms with Crippen molar-refractivity contribution in [2.45, 2.75) is 20.8 Å². The van der Waals surface area contributed by atoms with E-state index in [1.807, 2.05) is 39.1 Å². The topological polar surface area (TPSA) is 67.6 Å². The molecule has 0 amide bonds. The second kappa shape index (κ2) is 6.05. The summed E-state index contributed by atoms with van der Waals surface area (Å²) in [6.07, 6.45) is 3.69. The van der Waals surface area contributed by atoms with E-state index in [9.17, 15) is 0 Å². The lowest BCUT2D eigenvalue weighted by Gasteiger charge is -2.04. The number of nitrogens with one attached hydrogen (secondary N) is 1. The number of hydrogen-bond acceptors (Lipinski definition) is 3. The summed E-state index contributed by atoms with van der Waals surface area (Å²) in [7, 11) is 0. The fraction of sp³-hybridized carbons (Fsp3) is 0.200. The van der Waals surface area contributed by atoms with E-state index in [0.29, 0.717) is 5.95 Å². The molecule has 0 saturated heterocycles. The van der Waals surface area contributed by atoms with Gasteiger partial charge < -0.3 is 10.7 Å². The number of anilines is 1. The average Bonchev–Trinajstić information content (AvgIpc) is 2.86. The highest BCUT2D eigenvalue weighted by Crippen LogP contribution is 2.31. The van der Waals surface area contributed by atoms with Crippen LogP contribution in [-0.2, 0) is 0 Å². The number of H-pyrrole nitrogens is 1. The van der Waals surface area contributed by atoms with Gasteiger partial charge in [0.15, 0.2) is 0 Å². The Hall–Kier alpha value is -1.88. The van der Waals surface area contributed by atoms with E-state index < -0.39 is 0 Å². The molecule has 2 aromatic heterocycles. The molecule has 0 spiro atoms. The van der Waals surface area contributed by atoms with Gasteiger partial charge in [-0.1, -0.05) is 29.8 Å². The molecule has 5 heteroatoms. The third kappa shape index (κ3) is 2.67. The van der Waals surface area contributed by atoms with Crippen molar-refractivity contribution in [2.75, 3.05) is 5.73 Å². The van der Waals surface area contributed by atoms with Gasteiger partial charge in [-0.3, -0.25) is 0 Å². The van der Waals surface area contributed by atoms with Gasteiger partial charge in [-0.15, -0.1) is 0 Å². The largest absolute Gasteiger partial charge is 0.368 e. The number of rotatable bonds is 1. The summed E-state index contributed by atoms with van der Waals surface area (Å²) in [4.78, 5) is 11.6. The number of halogens is 1. The molecular weight excluding hydrogens is 316 g/mol. The Morgan fingerprint density at radius 2 is 2.00 bits per heavy atom. The molecule has 0 aliphatic rings. The normalized spacial score (nSPS) is 10.2. The molecule has 0 fully saturated rings. The van der Waals surface area contributed by atoms with Crippen LogP contribution in [0.5, 0.6) is 0 Å². The van der Waals surface area contributed by atoms with Crippen LogP contribution in [0, 0.1) is 6.92 Å². The zero-order valence-corrected chi connectivity index (χ0v) is 13.3. The highest BCUT2D eigenvalue weighted by molar-refractivity contribution is 9.10. The molecule has 0 aliphatic carbocycles. The number of nitrogen functional groups attached to an aromatic ring is 1. The lowest BCUT2D eigenvalue weighted by molar-refractivity contribution is 1.15. The van der Waals surface area contributed by atoms with E-state index in [-0.39, 0.29) is 0 Å². The molecule has 0 saturated carbocycles. The van der Waals surface area contributed by atoms with Gasteiger partial charge in [0.25, 0.3) is 0 Å². The van der Waals surface area contributed by atoms with Crippen molar-refractivity contribution in [3.8, 4) is 11.3 Å². The number of aromatic amines is 1. The maximum atomic E-state index is 5.67. The van der Waals surface area contributed by atoms with Gasteiger partial charge in [0.05, 0.1) is 5.69 Å². The first-order chi connectivity index (χ1) is 9.65. The van der Waals surface area contributed by atoms with E-state index in [1.165, 1.54) is 0 Å². The van der Waals surface area contributed by atoms with Crippen LogP contribution in [-0.4, -0.2) is 15.0 Å².